The number of rotatable bonds is 0. The molecule has 50 valence electrons. The van der Waals surface area contributed by atoms with Crippen LogP contribution in [0.5, 0.6) is 0 Å². The summed E-state index contributed by atoms with van der Waals surface area (Å²) in [5.41, 5.74) is 1.95. The van der Waals surface area contributed by atoms with Crippen LogP contribution < -0.4 is 0 Å². The van der Waals surface area contributed by atoms with Gasteiger partial charge in [-0.3, -0.25) is 5.10 Å². The van der Waals surface area contributed by atoms with E-state index in [-0.39, 0.29) is 0 Å². The predicted molar refractivity (Wildman–Crippen MR) is 47.3 cm³/mol. The Hall–Kier alpha value is -0.610. The van der Waals surface area contributed by atoms with Crippen LogP contribution in [0.2, 0.25) is 0 Å². The van der Waals surface area contributed by atoms with Crippen LogP contribution in [0.15, 0.2) is 11.1 Å². The zero-order valence-electron chi connectivity index (χ0n) is 4.96. The van der Waals surface area contributed by atoms with Gasteiger partial charge >= 0.3 is 0 Å². The van der Waals surface area contributed by atoms with E-state index in [0.717, 1.165) is 21.0 Å². The summed E-state index contributed by atoms with van der Waals surface area (Å²) in [7, 11) is 0. The van der Waals surface area contributed by atoms with E-state index in [4.69, 9.17) is 12.2 Å². The fraction of sp³-hybridized carbons (Fsp3) is 0. The van der Waals surface area contributed by atoms with Gasteiger partial charge in [-0.25, -0.2) is 0 Å². The lowest BCUT2D eigenvalue weighted by Crippen LogP contribution is -1.88. The topological polar surface area (TPSA) is 28.7 Å². The highest BCUT2D eigenvalue weighted by atomic mass is 32.1. The van der Waals surface area contributed by atoms with E-state index in [1.54, 1.807) is 6.20 Å². The molecule has 0 bridgehead atoms. The Morgan fingerprint density at radius 3 is 3.10 bits per heavy atom. The summed E-state index contributed by atoms with van der Waals surface area (Å²) in [6, 6.07) is 0. The highest BCUT2D eigenvalue weighted by Crippen LogP contribution is 2.25. The Morgan fingerprint density at radius 2 is 2.40 bits per heavy atom. The van der Waals surface area contributed by atoms with Gasteiger partial charge < -0.3 is 0 Å². The largest absolute Gasteiger partial charge is 0.278 e. The predicted octanol–water partition coefficient (Wildman–Crippen LogP) is 1.41. The molecule has 1 aliphatic carbocycles. The number of fused-ring (bicyclic) bond motifs is 1. The van der Waals surface area contributed by atoms with E-state index in [0.29, 0.717) is 0 Å². The molecule has 10 heavy (non-hydrogen) atoms. The smallest absolute Gasteiger partial charge is 0.0676 e. The summed E-state index contributed by atoms with van der Waals surface area (Å²) in [4.78, 5) is 1.63. The molecule has 0 atom stereocenters. The molecule has 0 saturated heterocycles. The van der Waals surface area contributed by atoms with Crippen LogP contribution in [0.25, 0.3) is 6.08 Å². The van der Waals surface area contributed by atoms with Crippen LogP contribution in [-0.4, -0.2) is 15.1 Å². The van der Waals surface area contributed by atoms with Gasteiger partial charge in [0, 0.05) is 10.5 Å². The molecule has 1 heterocycles. The first-order valence-electron chi connectivity index (χ1n) is 2.78. The average molecular weight is 168 g/mol. The van der Waals surface area contributed by atoms with Gasteiger partial charge in [-0.1, -0.05) is 12.2 Å². The molecule has 0 fully saturated rings. The van der Waals surface area contributed by atoms with E-state index in [1.807, 2.05) is 6.08 Å². The van der Waals surface area contributed by atoms with Gasteiger partial charge in [0.25, 0.3) is 0 Å². The van der Waals surface area contributed by atoms with E-state index >= 15 is 0 Å². The number of thiol groups is 1. The molecule has 1 N–H and O–H groups in total. The van der Waals surface area contributed by atoms with Crippen LogP contribution in [0.3, 0.4) is 0 Å². The molecule has 0 spiro atoms. The summed E-state index contributed by atoms with van der Waals surface area (Å²) < 4.78 is 0. The molecule has 0 aromatic carbocycles. The van der Waals surface area contributed by atoms with Crippen molar-refractivity contribution in [1.82, 2.24) is 10.2 Å². The minimum absolute atomic E-state index is 0.784. The minimum Gasteiger partial charge on any atom is -0.278 e. The van der Waals surface area contributed by atoms with Crippen LogP contribution in [0.1, 0.15) is 11.3 Å². The van der Waals surface area contributed by atoms with Gasteiger partial charge in [-0.2, -0.15) is 5.10 Å². The maximum absolute atomic E-state index is 5.05. The van der Waals surface area contributed by atoms with Gasteiger partial charge in [0.2, 0.25) is 0 Å². The molecule has 1 aliphatic rings. The van der Waals surface area contributed by atoms with E-state index in [9.17, 15) is 0 Å². The fourth-order valence-electron chi connectivity index (χ4n) is 0.927. The van der Waals surface area contributed by atoms with Crippen molar-refractivity contribution < 1.29 is 0 Å². The van der Waals surface area contributed by atoms with Gasteiger partial charge in [0.15, 0.2) is 0 Å². The van der Waals surface area contributed by atoms with E-state index in [2.05, 4.69) is 22.8 Å². The lowest BCUT2D eigenvalue weighted by atomic mass is 10.3. The van der Waals surface area contributed by atoms with Gasteiger partial charge in [-0.15, -0.1) is 12.6 Å². The van der Waals surface area contributed by atoms with Crippen LogP contribution in [0, 0.1) is 0 Å². The Morgan fingerprint density at radius 1 is 1.60 bits per heavy atom. The third-order valence-corrected chi connectivity index (χ3v) is 2.37. The standard InChI is InChI=1S/C6H4N2S2/c9-5-1-4-3(6(5)10)2-7-8-4/h1-2H,(H,7,8)(H,9,10). The molecule has 0 saturated carbocycles. The number of aromatic nitrogens is 2. The summed E-state index contributed by atoms with van der Waals surface area (Å²) in [6.45, 7) is 0. The summed E-state index contributed by atoms with van der Waals surface area (Å²) in [6.07, 6.45) is 3.60. The lowest BCUT2D eigenvalue weighted by Gasteiger charge is -1.88. The number of H-pyrrole nitrogens is 1. The zero-order valence-corrected chi connectivity index (χ0v) is 6.67. The maximum atomic E-state index is 5.05. The number of hydrogen-bond acceptors (Lipinski definition) is 3. The molecule has 0 amide bonds. The Bertz CT molecular complexity index is 324. The third kappa shape index (κ3) is 0.660. The van der Waals surface area contributed by atoms with Crippen molar-refractivity contribution >= 4 is 35.8 Å². The first kappa shape index (κ1) is 6.12. The van der Waals surface area contributed by atoms with Crippen LogP contribution in [0.4, 0.5) is 0 Å². The number of aromatic amines is 1. The molecule has 2 nitrogen and oxygen atoms in total. The summed E-state index contributed by atoms with van der Waals surface area (Å²) >= 11 is 9.22. The normalized spacial score (nSPS) is 15.3. The van der Waals surface area contributed by atoms with E-state index < -0.39 is 0 Å². The average Bonchev–Trinajstić information content (AvgIpc) is 2.41. The number of nitrogens with one attached hydrogen (secondary N) is 1. The Labute approximate surface area is 68.7 Å². The fourth-order valence-corrected chi connectivity index (χ4v) is 1.40. The number of nitrogens with zero attached hydrogens (tertiary/aromatic N) is 1. The maximum Gasteiger partial charge on any atom is 0.0676 e. The monoisotopic (exact) mass is 168 g/mol. The summed E-state index contributed by atoms with van der Waals surface area (Å²) in [5.74, 6) is 0. The molecular weight excluding hydrogens is 164 g/mol. The van der Waals surface area contributed by atoms with Gasteiger partial charge in [0.1, 0.15) is 0 Å². The van der Waals surface area contributed by atoms with Crippen LogP contribution in [-0.2, 0) is 0 Å². The Kier molecular flexibility index (Phi) is 1.18. The van der Waals surface area contributed by atoms with Crippen molar-refractivity contribution in [2.75, 3.05) is 0 Å². The number of hydrogen-bond donors (Lipinski definition) is 2. The quantitative estimate of drug-likeness (QED) is 0.453. The molecular formula is C6H4N2S2. The van der Waals surface area contributed by atoms with Crippen molar-refractivity contribution in [1.29, 1.82) is 0 Å². The van der Waals surface area contributed by atoms with Crippen molar-refractivity contribution in [3.05, 3.63) is 22.4 Å². The third-order valence-electron chi connectivity index (χ3n) is 1.43. The number of allylic oxidation sites excluding steroid dienone is 1. The van der Waals surface area contributed by atoms with Gasteiger partial charge in [-0.05, 0) is 6.08 Å². The van der Waals surface area contributed by atoms with Crippen molar-refractivity contribution in [3.8, 4) is 0 Å². The highest BCUT2D eigenvalue weighted by molar-refractivity contribution is 7.90. The summed E-state index contributed by atoms with van der Waals surface area (Å²) in [5, 5.41) is 6.65. The van der Waals surface area contributed by atoms with Crippen LogP contribution >= 0.6 is 24.8 Å². The van der Waals surface area contributed by atoms with Crippen molar-refractivity contribution in [2.24, 2.45) is 0 Å². The lowest BCUT2D eigenvalue weighted by molar-refractivity contribution is 1.08. The van der Waals surface area contributed by atoms with Crippen molar-refractivity contribution in [2.45, 2.75) is 0 Å². The first-order chi connectivity index (χ1) is 4.79. The molecule has 0 aliphatic heterocycles. The molecule has 1 aromatic rings. The SMILES string of the molecule is S=C1C(S)=Cc2[nH]ncc21. The second kappa shape index (κ2) is 1.93. The highest BCUT2D eigenvalue weighted by Gasteiger charge is 2.17. The van der Waals surface area contributed by atoms with Gasteiger partial charge in [0.05, 0.1) is 16.8 Å². The van der Waals surface area contributed by atoms with Crippen molar-refractivity contribution in [3.63, 3.8) is 0 Å². The molecule has 4 heteroatoms. The molecule has 0 unspecified atom stereocenters. The zero-order chi connectivity index (χ0) is 7.14. The Balaban J connectivity index is 2.68. The molecule has 0 radical (unpaired) electrons. The van der Waals surface area contributed by atoms with E-state index in [1.165, 1.54) is 0 Å². The first-order valence-corrected chi connectivity index (χ1v) is 3.63. The molecule has 1 aromatic heterocycles. The second-order valence-electron chi connectivity index (χ2n) is 2.06. The minimum atomic E-state index is 0.784. The number of thiocarbonyl (C=S) groups is 1. The second-order valence-corrected chi connectivity index (χ2v) is 2.95. The molecule has 2 rings (SSSR count).